The Hall–Kier alpha value is -3.84. The molecule has 2 unspecified atom stereocenters. The normalized spacial score (nSPS) is 13.2. The SMILES string of the molecule is Cc1cccc(C)c1-c1cccc(C(/C=N/C(=O)C(CC(C)C)n2cccc(CCN(C)C)c2=O)CC(=O)O)c1. The van der Waals surface area contributed by atoms with E-state index in [0.717, 1.165) is 34.4 Å². The maximum absolute atomic E-state index is 13.5. The number of carboxylic acid groups (broad SMARTS) is 1. The lowest BCUT2D eigenvalue weighted by atomic mass is 9.90. The third-order valence-electron chi connectivity index (χ3n) is 7.06. The second-order valence-electron chi connectivity index (χ2n) is 11.2. The summed E-state index contributed by atoms with van der Waals surface area (Å²) in [6.07, 6.45) is 3.90. The number of aryl methyl sites for hydroxylation is 2. The second-order valence-corrected chi connectivity index (χ2v) is 11.2. The van der Waals surface area contributed by atoms with Crippen molar-refractivity contribution >= 4 is 18.1 Å². The van der Waals surface area contributed by atoms with Gasteiger partial charge in [-0.1, -0.05) is 62.4 Å². The van der Waals surface area contributed by atoms with E-state index in [1.165, 1.54) is 10.8 Å². The molecule has 1 aromatic heterocycles. The van der Waals surface area contributed by atoms with Crippen molar-refractivity contribution < 1.29 is 14.7 Å². The number of pyridine rings is 1. The zero-order chi connectivity index (χ0) is 29.4. The van der Waals surface area contributed by atoms with Crippen LogP contribution in [-0.4, -0.2) is 53.3 Å². The number of aromatic nitrogens is 1. The van der Waals surface area contributed by atoms with E-state index in [4.69, 9.17) is 0 Å². The van der Waals surface area contributed by atoms with E-state index in [1.54, 1.807) is 18.3 Å². The first kappa shape index (κ1) is 30.7. The van der Waals surface area contributed by atoms with Gasteiger partial charge in [0.05, 0.1) is 6.42 Å². The fourth-order valence-corrected chi connectivity index (χ4v) is 5.01. The molecule has 0 bridgehead atoms. The van der Waals surface area contributed by atoms with Crippen LogP contribution in [-0.2, 0) is 16.0 Å². The number of hydrogen-bond acceptors (Lipinski definition) is 4. The molecular formula is C33H41N3O4. The molecular weight excluding hydrogens is 502 g/mol. The number of benzene rings is 2. The molecule has 3 rings (SSSR count). The number of carbonyl (C=O) groups is 2. The summed E-state index contributed by atoms with van der Waals surface area (Å²) in [5, 5.41) is 9.65. The Morgan fingerprint density at radius 2 is 1.70 bits per heavy atom. The summed E-state index contributed by atoms with van der Waals surface area (Å²) >= 11 is 0. The first-order valence-electron chi connectivity index (χ1n) is 13.8. The van der Waals surface area contributed by atoms with Crippen molar-refractivity contribution in [3.8, 4) is 11.1 Å². The summed E-state index contributed by atoms with van der Waals surface area (Å²) in [6.45, 7) is 8.82. The van der Waals surface area contributed by atoms with Crippen LogP contribution < -0.4 is 5.56 Å². The number of carboxylic acids is 1. The topological polar surface area (TPSA) is 92.0 Å². The molecule has 40 heavy (non-hydrogen) atoms. The highest BCUT2D eigenvalue weighted by Crippen LogP contribution is 2.30. The highest BCUT2D eigenvalue weighted by molar-refractivity contribution is 5.91. The molecule has 7 nitrogen and oxygen atoms in total. The van der Waals surface area contributed by atoms with Gasteiger partial charge in [0.25, 0.3) is 11.5 Å². The molecule has 0 radical (unpaired) electrons. The largest absolute Gasteiger partial charge is 0.481 e. The van der Waals surface area contributed by atoms with E-state index < -0.39 is 23.8 Å². The van der Waals surface area contributed by atoms with Gasteiger partial charge < -0.3 is 14.6 Å². The van der Waals surface area contributed by atoms with Crippen LogP contribution in [0.15, 0.2) is 70.6 Å². The Kier molecular flexibility index (Phi) is 10.7. The Morgan fingerprint density at radius 3 is 2.33 bits per heavy atom. The van der Waals surface area contributed by atoms with Crippen molar-refractivity contribution in [1.82, 2.24) is 9.47 Å². The van der Waals surface area contributed by atoms with Crippen LogP contribution in [0.5, 0.6) is 0 Å². The predicted octanol–water partition coefficient (Wildman–Crippen LogP) is 5.68. The van der Waals surface area contributed by atoms with Crippen molar-refractivity contribution in [2.24, 2.45) is 10.9 Å². The summed E-state index contributed by atoms with van der Waals surface area (Å²) in [7, 11) is 3.90. The first-order chi connectivity index (χ1) is 19.0. The number of nitrogens with zero attached hydrogens (tertiary/aromatic N) is 3. The first-order valence-corrected chi connectivity index (χ1v) is 13.8. The number of aliphatic imine (C=N–C) groups is 1. The molecule has 0 aliphatic carbocycles. The predicted molar refractivity (Wildman–Crippen MR) is 161 cm³/mol. The Morgan fingerprint density at radius 1 is 1.02 bits per heavy atom. The van der Waals surface area contributed by atoms with Crippen LogP contribution in [0, 0.1) is 19.8 Å². The average Bonchev–Trinajstić information content (AvgIpc) is 2.89. The number of likely N-dealkylation sites (N-methyl/N-ethyl adjacent to an activating group) is 1. The molecule has 212 valence electrons. The van der Waals surface area contributed by atoms with Crippen molar-refractivity contribution in [3.63, 3.8) is 0 Å². The maximum atomic E-state index is 13.5. The Labute approximate surface area is 237 Å². The molecule has 3 aromatic rings. The van der Waals surface area contributed by atoms with E-state index >= 15 is 0 Å². The van der Waals surface area contributed by atoms with E-state index in [2.05, 4.69) is 31.0 Å². The summed E-state index contributed by atoms with van der Waals surface area (Å²) in [4.78, 5) is 44.9. The highest BCUT2D eigenvalue weighted by Gasteiger charge is 2.24. The van der Waals surface area contributed by atoms with Crippen LogP contribution in [0.2, 0.25) is 0 Å². The fourth-order valence-electron chi connectivity index (χ4n) is 5.01. The molecule has 7 heteroatoms. The molecule has 0 spiro atoms. The van der Waals surface area contributed by atoms with Crippen LogP contribution >= 0.6 is 0 Å². The lowest BCUT2D eigenvalue weighted by Gasteiger charge is -2.20. The Bertz CT molecular complexity index is 1400. The third-order valence-corrected chi connectivity index (χ3v) is 7.06. The molecule has 1 heterocycles. The van der Waals surface area contributed by atoms with Gasteiger partial charge in [-0.05, 0) is 80.6 Å². The fraction of sp³-hybridized carbons (Fsp3) is 0.394. The number of rotatable bonds is 12. The molecule has 1 N–H and O–H groups in total. The summed E-state index contributed by atoms with van der Waals surface area (Å²) in [5.41, 5.74) is 5.58. The van der Waals surface area contributed by atoms with Crippen LogP contribution in [0.25, 0.3) is 11.1 Å². The van der Waals surface area contributed by atoms with Gasteiger partial charge in [-0.25, -0.2) is 4.99 Å². The average molecular weight is 544 g/mol. The number of hydrogen-bond donors (Lipinski definition) is 1. The minimum Gasteiger partial charge on any atom is -0.481 e. The molecule has 2 atom stereocenters. The standard InChI is InChI=1S/C33H41N3O4/c1-22(2)18-29(36-16-9-14-25(33(36)40)15-17-35(5)6)32(39)34-21-28(20-30(37)38)26-12-8-13-27(19-26)31-23(3)10-7-11-24(31)4/h7-14,16,19,21-22,28-29H,15,17-18,20H2,1-6H3,(H,37,38)/b34-21+. The van der Waals surface area contributed by atoms with Gasteiger partial charge in [-0.15, -0.1) is 0 Å². The summed E-state index contributed by atoms with van der Waals surface area (Å²) in [6, 6.07) is 16.7. The molecule has 1 amide bonds. The number of aliphatic carboxylic acids is 1. The lowest BCUT2D eigenvalue weighted by molar-refractivity contribution is -0.137. The van der Waals surface area contributed by atoms with Crippen LogP contribution in [0.1, 0.15) is 60.9 Å². The number of carbonyl (C=O) groups excluding carboxylic acids is 1. The smallest absolute Gasteiger partial charge is 0.304 e. The Balaban J connectivity index is 1.96. The van der Waals surface area contributed by atoms with Gasteiger partial charge in [-0.2, -0.15) is 0 Å². The van der Waals surface area contributed by atoms with Crippen molar-refractivity contribution in [1.29, 1.82) is 0 Å². The van der Waals surface area contributed by atoms with Crippen LogP contribution in [0.4, 0.5) is 0 Å². The summed E-state index contributed by atoms with van der Waals surface area (Å²) in [5.74, 6) is -1.90. The molecule has 0 saturated heterocycles. The minimum atomic E-state index is -0.982. The van der Waals surface area contributed by atoms with Gasteiger partial charge in [0.2, 0.25) is 0 Å². The van der Waals surface area contributed by atoms with Crippen LogP contribution in [0.3, 0.4) is 0 Å². The lowest BCUT2D eigenvalue weighted by Crippen LogP contribution is -2.32. The third kappa shape index (κ3) is 8.09. The van der Waals surface area contributed by atoms with E-state index in [9.17, 15) is 19.5 Å². The second kappa shape index (κ2) is 14.0. The van der Waals surface area contributed by atoms with Gasteiger partial charge >= 0.3 is 5.97 Å². The molecule has 0 fully saturated rings. The summed E-state index contributed by atoms with van der Waals surface area (Å²) < 4.78 is 1.48. The van der Waals surface area contributed by atoms with Crippen molar-refractivity contribution in [2.75, 3.05) is 20.6 Å². The van der Waals surface area contributed by atoms with Gasteiger partial charge in [0, 0.05) is 30.4 Å². The zero-order valence-corrected chi connectivity index (χ0v) is 24.4. The monoisotopic (exact) mass is 543 g/mol. The van der Waals surface area contributed by atoms with E-state index in [1.807, 2.05) is 63.2 Å². The zero-order valence-electron chi connectivity index (χ0n) is 24.4. The van der Waals surface area contributed by atoms with Gasteiger partial charge in [0.1, 0.15) is 6.04 Å². The van der Waals surface area contributed by atoms with Gasteiger partial charge in [0.15, 0.2) is 0 Å². The quantitative estimate of drug-likeness (QED) is 0.297. The molecule has 0 aliphatic heterocycles. The van der Waals surface area contributed by atoms with E-state index in [-0.39, 0.29) is 17.9 Å². The van der Waals surface area contributed by atoms with Gasteiger partial charge in [-0.3, -0.25) is 14.4 Å². The van der Waals surface area contributed by atoms with Crippen molar-refractivity contribution in [3.05, 3.63) is 93.4 Å². The molecule has 0 aliphatic rings. The minimum absolute atomic E-state index is 0.144. The molecule has 0 saturated carbocycles. The van der Waals surface area contributed by atoms with E-state index in [0.29, 0.717) is 18.4 Å². The van der Waals surface area contributed by atoms with Crippen molar-refractivity contribution in [2.45, 2.75) is 58.9 Å². The molecule has 2 aromatic carbocycles. The number of amides is 1. The maximum Gasteiger partial charge on any atom is 0.304 e. The highest BCUT2D eigenvalue weighted by atomic mass is 16.4.